The molecule has 0 saturated heterocycles. The van der Waals surface area contributed by atoms with Gasteiger partial charge in [0.15, 0.2) is 6.79 Å². The average Bonchev–Trinajstić information content (AvgIpc) is 3.17. The smallest absolute Gasteiger partial charge is 0.226 e. The molecule has 3 heterocycles. The second-order valence-electron chi connectivity index (χ2n) is 6.30. The van der Waals surface area contributed by atoms with Crippen molar-refractivity contribution in [1.82, 2.24) is 15.3 Å². The van der Waals surface area contributed by atoms with Crippen LogP contribution >= 0.6 is 11.3 Å². The molecule has 0 saturated carbocycles. The Morgan fingerprint density at radius 3 is 3.11 bits per heavy atom. The molecule has 28 heavy (non-hydrogen) atoms. The number of rotatable bonds is 6. The summed E-state index contributed by atoms with van der Waals surface area (Å²) in [5.41, 5.74) is 2.91. The van der Waals surface area contributed by atoms with Crippen molar-refractivity contribution in [3.05, 3.63) is 64.5 Å². The van der Waals surface area contributed by atoms with E-state index in [0.717, 1.165) is 16.3 Å². The minimum Gasteiger partial charge on any atom is -0.467 e. The molecule has 1 N–H and O–H groups in total. The zero-order valence-electron chi connectivity index (χ0n) is 15.0. The van der Waals surface area contributed by atoms with Gasteiger partial charge >= 0.3 is 0 Å². The van der Waals surface area contributed by atoms with Gasteiger partial charge in [-0.15, -0.1) is 11.3 Å². The predicted molar refractivity (Wildman–Crippen MR) is 102 cm³/mol. The van der Waals surface area contributed by atoms with E-state index in [0.29, 0.717) is 36.6 Å². The summed E-state index contributed by atoms with van der Waals surface area (Å²) < 4.78 is 24.4. The average molecular weight is 399 g/mol. The third-order valence-electron chi connectivity index (χ3n) is 4.25. The van der Waals surface area contributed by atoms with Crippen molar-refractivity contribution >= 4 is 17.2 Å². The maximum Gasteiger partial charge on any atom is 0.226 e. The molecule has 3 aromatic rings. The van der Waals surface area contributed by atoms with Gasteiger partial charge in [-0.05, 0) is 36.2 Å². The highest BCUT2D eigenvalue weighted by Crippen LogP contribution is 2.29. The number of thiazole rings is 1. The highest BCUT2D eigenvalue weighted by molar-refractivity contribution is 7.13. The van der Waals surface area contributed by atoms with E-state index >= 15 is 0 Å². The first-order chi connectivity index (χ1) is 13.7. The van der Waals surface area contributed by atoms with E-state index in [2.05, 4.69) is 15.3 Å². The van der Waals surface area contributed by atoms with Crippen LogP contribution in [0.15, 0.2) is 41.9 Å². The molecule has 6 nitrogen and oxygen atoms in total. The molecule has 8 heteroatoms. The van der Waals surface area contributed by atoms with E-state index in [1.165, 1.54) is 23.5 Å². The molecule has 1 aliphatic rings. The molecule has 0 unspecified atom stereocenters. The van der Waals surface area contributed by atoms with Gasteiger partial charge in [0.2, 0.25) is 5.91 Å². The number of halogens is 1. The summed E-state index contributed by atoms with van der Waals surface area (Å²) in [4.78, 5) is 20.9. The lowest BCUT2D eigenvalue weighted by Crippen LogP contribution is -2.27. The summed E-state index contributed by atoms with van der Waals surface area (Å²) in [7, 11) is 0. The van der Waals surface area contributed by atoms with Crippen LogP contribution in [0, 0.1) is 5.82 Å². The number of nitrogens with zero attached hydrogens (tertiary/aromatic N) is 2. The number of ether oxygens (including phenoxy) is 2. The lowest BCUT2D eigenvalue weighted by Gasteiger charge is -2.20. The van der Waals surface area contributed by atoms with Crippen molar-refractivity contribution in [2.24, 2.45) is 0 Å². The van der Waals surface area contributed by atoms with E-state index in [1.807, 2.05) is 23.6 Å². The van der Waals surface area contributed by atoms with Gasteiger partial charge in [-0.2, -0.15) is 0 Å². The van der Waals surface area contributed by atoms with E-state index in [1.54, 1.807) is 6.20 Å². The number of hydrogen-bond donors (Lipinski definition) is 1. The fraction of sp³-hybridized carbons (Fsp3) is 0.250. The molecule has 1 amide bonds. The van der Waals surface area contributed by atoms with Gasteiger partial charge in [-0.1, -0.05) is 6.07 Å². The molecular weight excluding hydrogens is 381 g/mol. The Kier molecular flexibility index (Phi) is 5.59. The lowest BCUT2D eigenvalue weighted by molar-refractivity contribution is -0.120. The van der Waals surface area contributed by atoms with E-state index < -0.39 is 0 Å². The first kappa shape index (κ1) is 18.5. The second kappa shape index (κ2) is 8.45. The van der Waals surface area contributed by atoms with Crippen LogP contribution < -0.4 is 10.1 Å². The number of aromatic nitrogens is 2. The lowest BCUT2D eigenvalue weighted by atomic mass is 10.1. The topological polar surface area (TPSA) is 73.3 Å². The maximum absolute atomic E-state index is 13.8. The van der Waals surface area contributed by atoms with Crippen LogP contribution in [-0.2, 0) is 29.0 Å². The first-order valence-corrected chi connectivity index (χ1v) is 9.71. The van der Waals surface area contributed by atoms with Crippen LogP contribution in [0.4, 0.5) is 4.39 Å². The highest BCUT2D eigenvalue weighted by atomic mass is 32.1. The summed E-state index contributed by atoms with van der Waals surface area (Å²) in [6.45, 7) is 0.867. The molecule has 4 rings (SSSR count). The van der Waals surface area contributed by atoms with Crippen LogP contribution in [0.5, 0.6) is 5.75 Å². The van der Waals surface area contributed by atoms with E-state index in [9.17, 15) is 9.18 Å². The van der Waals surface area contributed by atoms with Crippen molar-refractivity contribution in [3.63, 3.8) is 0 Å². The Labute approximate surface area is 165 Å². The van der Waals surface area contributed by atoms with Gasteiger partial charge in [-0.3, -0.25) is 9.78 Å². The molecule has 0 atom stereocenters. The summed E-state index contributed by atoms with van der Waals surface area (Å²) in [6.07, 6.45) is 2.38. The Morgan fingerprint density at radius 2 is 2.25 bits per heavy atom. The summed E-state index contributed by atoms with van der Waals surface area (Å²) in [5, 5.41) is 5.50. The van der Waals surface area contributed by atoms with Gasteiger partial charge < -0.3 is 14.8 Å². The second-order valence-corrected chi connectivity index (χ2v) is 7.16. The predicted octanol–water partition coefficient (Wildman–Crippen LogP) is 3.11. The van der Waals surface area contributed by atoms with Crippen molar-refractivity contribution in [3.8, 4) is 16.5 Å². The van der Waals surface area contributed by atoms with Crippen molar-refractivity contribution in [1.29, 1.82) is 0 Å². The largest absolute Gasteiger partial charge is 0.467 e. The number of amides is 1. The summed E-state index contributed by atoms with van der Waals surface area (Å²) >= 11 is 1.46. The molecule has 0 aliphatic carbocycles. The minimum atomic E-state index is -0.335. The molecular formula is C20H18FN3O3S. The molecule has 1 aromatic carbocycles. The SMILES string of the molecule is O=C(Cc1csc(-c2ccccn2)n1)NCCc1cc(F)cc2c1OCOC2. The zero-order valence-corrected chi connectivity index (χ0v) is 15.8. The Morgan fingerprint density at radius 1 is 1.32 bits per heavy atom. The molecule has 0 radical (unpaired) electrons. The van der Waals surface area contributed by atoms with Crippen LogP contribution in [0.2, 0.25) is 0 Å². The quantitative estimate of drug-likeness (QED) is 0.690. The Hall–Kier alpha value is -2.84. The number of nitrogens with one attached hydrogen (secondary N) is 1. The Balaban J connectivity index is 1.32. The molecule has 0 bridgehead atoms. The van der Waals surface area contributed by atoms with E-state index in [4.69, 9.17) is 9.47 Å². The minimum absolute atomic E-state index is 0.132. The summed E-state index contributed by atoms with van der Waals surface area (Å²) in [6, 6.07) is 8.49. The maximum atomic E-state index is 13.8. The first-order valence-electron chi connectivity index (χ1n) is 8.83. The van der Waals surface area contributed by atoms with Gasteiger partial charge in [0.1, 0.15) is 16.6 Å². The van der Waals surface area contributed by atoms with Gasteiger partial charge in [0.25, 0.3) is 0 Å². The van der Waals surface area contributed by atoms with Gasteiger partial charge in [0.05, 0.1) is 24.4 Å². The highest BCUT2D eigenvalue weighted by Gasteiger charge is 2.17. The van der Waals surface area contributed by atoms with Crippen LogP contribution in [0.3, 0.4) is 0 Å². The van der Waals surface area contributed by atoms with Gasteiger partial charge in [0, 0.05) is 23.7 Å². The number of hydrogen-bond acceptors (Lipinski definition) is 6. The molecule has 0 fully saturated rings. The van der Waals surface area contributed by atoms with Crippen molar-refractivity contribution in [2.75, 3.05) is 13.3 Å². The number of fused-ring (bicyclic) bond motifs is 1. The molecule has 1 aliphatic heterocycles. The van der Waals surface area contributed by atoms with Crippen molar-refractivity contribution in [2.45, 2.75) is 19.4 Å². The third-order valence-corrected chi connectivity index (χ3v) is 5.16. The molecule has 2 aromatic heterocycles. The van der Waals surface area contributed by atoms with Crippen LogP contribution in [-0.4, -0.2) is 29.2 Å². The number of benzene rings is 1. The normalized spacial score (nSPS) is 12.9. The zero-order chi connectivity index (χ0) is 19.3. The monoisotopic (exact) mass is 399 g/mol. The van der Waals surface area contributed by atoms with Crippen LogP contribution in [0.1, 0.15) is 16.8 Å². The fourth-order valence-electron chi connectivity index (χ4n) is 3.00. The number of carbonyl (C=O) groups excluding carboxylic acids is 1. The van der Waals surface area contributed by atoms with Gasteiger partial charge in [-0.25, -0.2) is 9.37 Å². The standard InChI is InChI=1S/C20H18FN3O3S/c21-15-7-13(19-14(8-15)10-26-12-27-19)4-6-23-18(25)9-16-11-28-20(24-16)17-3-1-2-5-22-17/h1-3,5,7-8,11H,4,6,9-10,12H2,(H,23,25). The fourth-order valence-corrected chi connectivity index (χ4v) is 3.80. The molecule has 144 valence electrons. The third kappa shape index (κ3) is 4.35. The Bertz CT molecular complexity index is 978. The molecule has 0 spiro atoms. The van der Waals surface area contributed by atoms with E-state index in [-0.39, 0.29) is 24.9 Å². The van der Waals surface area contributed by atoms with Crippen molar-refractivity contribution < 1.29 is 18.7 Å². The summed E-state index contributed by atoms with van der Waals surface area (Å²) in [5.74, 6) is 0.187. The number of pyridine rings is 1. The van der Waals surface area contributed by atoms with Crippen LogP contribution in [0.25, 0.3) is 10.7 Å². The number of carbonyl (C=O) groups is 1.